The Morgan fingerprint density at radius 2 is 1.68 bits per heavy atom. The molecule has 19 heavy (non-hydrogen) atoms. The molecule has 0 fully saturated rings. The van der Waals surface area contributed by atoms with Crippen LogP contribution in [0.4, 0.5) is 0 Å². The summed E-state index contributed by atoms with van der Waals surface area (Å²) in [4.78, 5) is 23.2. The van der Waals surface area contributed by atoms with Crippen LogP contribution in [0.1, 0.15) is 41.0 Å². The van der Waals surface area contributed by atoms with Gasteiger partial charge in [-0.1, -0.05) is 13.8 Å². The number of aliphatic hydroxyl groups is 2. The molecule has 0 saturated carbocycles. The molecule has 0 saturated heterocycles. The van der Waals surface area contributed by atoms with Crippen LogP contribution in [0.3, 0.4) is 0 Å². The normalized spacial score (nSPS) is 16.8. The smallest absolute Gasteiger partial charge is 0.339 e. The van der Waals surface area contributed by atoms with Crippen molar-refractivity contribution in [2.45, 2.75) is 52.2 Å². The van der Waals surface area contributed by atoms with Crippen molar-refractivity contribution < 1.29 is 29.6 Å². The lowest BCUT2D eigenvalue weighted by atomic mass is 9.82. The Bertz CT molecular complexity index is 331. The monoisotopic (exact) mass is 276 g/mol. The maximum Gasteiger partial charge on any atom is 0.339 e. The summed E-state index contributed by atoms with van der Waals surface area (Å²) in [5, 5.41) is 28.2. The molecule has 0 aromatic heterocycles. The highest BCUT2D eigenvalue weighted by Gasteiger charge is 2.49. The number of ether oxygens (including phenoxy) is 1. The predicted octanol–water partition coefficient (Wildman–Crippen LogP) is 0.798. The van der Waals surface area contributed by atoms with Crippen LogP contribution < -0.4 is 0 Å². The lowest BCUT2D eigenvalue weighted by molar-refractivity contribution is -0.188. The van der Waals surface area contributed by atoms with Crippen molar-refractivity contribution in [3.8, 4) is 0 Å². The third-order valence-electron chi connectivity index (χ3n) is 2.59. The second-order valence-electron chi connectivity index (χ2n) is 6.10. The molecule has 2 atom stereocenters. The molecule has 3 N–H and O–H groups in total. The second kappa shape index (κ2) is 6.34. The molecular weight excluding hydrogens is 252 g/mol. The van der Waals surface area contributed by atoms with E-state index in [1.54, 1.807) is 34.6 Å². The van der Waals surface area contributed by atoms with Gasteiger partial charge in [0.15, 0.2) is 5.60 Å². The SMILES string of the molecule is CC(C)C[C@@H](C(=O)OC(C)(C)C)[C@](O)(CO)C(=O)O. The van der Waals surface area contributed by atoms with E-state index in [0.717, 1.165) is 0 Å². The van der Waals surface area contributed by atoms with Crippen molar-refractivity contribution in [1.29, 1.82) is 0 Å². The van der Waals surface area contributed by atoms with Crippen molar-refractivity contribution in [3.63, 3.8) is 0 Å². The molecule has 0 rings (SSSR count). The van der Waals surface area contributed by atoms with Gasteiger partial charge < -0.3 is 20.1 Å². The molecule has 0 spiro atoms. The highest BCUT2D eigenvalue weighted by molar-refractivity contribution is 5.86. The lowest BCUT2D eigenvalue weighted by Gasteiger charge is -2.32. The van der Waals surface area contributed by atoms with Crippen molar-refractivity contribution in [1.82, 2.24) is 0 Å². The van der Waals surface area contributed by atoms with Crippen molar-refractivity contribution in [2.75, 3.05) is 6.61 Å². The Morgan fingerprint density at radius 3 is 1.95 bits per heavy atom. The standard InChI is InChI=1S/C13H24O6/c1-8(2)6-9(10(15)19-12(3,4)5)13(18,7-14)11(16)17/h8-9,14,18H,6-7H2,1-5H3,(H,16,17)/t9-,13+/m0/s1. The van der Waals surface area contributed by atoms with Gasteiger partial charge in [0.25, 0.3) is 0 Å². The van der Waals surface area contributed by atoms with E-state index in [1.807, 2.05) is 0 Å². The van der Waals surface area contributed by atoms with Gasteiger partial charge in [0.05, 0.1) is 12.5 Å². The van der Waals surface area contributed by atoms with Crippen LogP contribution in [-0.4, -0.2) is 45.1 Å². The Hall–Kier alpha value is -1.14. The van der Waals surface area contributed by atoms with E-state index in [1.165, 1.54) is 0 Å². The van der Waals surface area contributed by atoms with Gasteiger partial charge in [-0.15, -0.1) is 0 Å². The summed E-state index contributed by atoms with van der Waals surface area (Å²) in [6.07, 6.45) is 0.109. The highest BCUT2D eigenvalue weighted by atomic mass is 16.6. The molecule has 0 amide bonds. The minimum atomic E-state index is -2.52. The average molecular weight is 276 g/mol. The maximum atomic E-state index is 12.0. The van der Waals surface area contributed by atoms with Crippen LogP contribution in [0.15, 0.2) is 0 Å². The van der Waals surface area contributed by atoms with E-state index in [9.17, 15) is 14.7 Å². The molecule has 6 nitrogen and oxygen atoms in total. The van der Waals surface area contributed by atoms with Crippen LogP contribution in [0, 0.1) is 11.8 Å². The fourth-order valence-electron chi connectivity index (χ4n) is 1.66. The lowest BCUT2D eigenvalue weighted by Crippen LogP contribution is -2.53. The number of hydrogen-bond donors (Lipinski definition) is 3. The number of aliphatic carboxylic acids is 1. The van der Waals surface area contributed by atoms with E-state index in [0.29, 0.717) is 0 Å². The van der Waals surface area contributed by atoms with E-state index in [4.69, 9.17) is 14.9 Å². The number of carbonyl (C=O) groups excluding carboxylic acids is 1. The quantitative estimate of drug-likeness (QED) is 0.620. The Labute approximate surface area is 113 Å². The summed E-state index contributed by atoms with van der Waals surface area (Å²) in [5.41, 5.74) is -3.31. The fourth-order valence-corrected chi connectivity index (χ4v) is 1.66. The highest BCUT2D eigenvalue weighted by Crippen LogP contribution is 2.28. The topological polar surface area (TPSA) is 104 Å². The zero-order valence-electron chi connectivity index (χ0n) is 12.1. The molecule has 0 unspecified atom stereocenters. The van der Waals surface area contributed by atoms with E-state index >= 15 is 0 Å². The van der Waals surface area contributed by atoms with Crippen molar-refractivity contribution in [3.05, 3.63) is 0 Å². The molecule has 112 valence electrons. The third kappa shape index (κ3) is 5.16. The number of hydrogen-bond acceptors (Lipinski definition) is 5. The Balaban J connectivity index is 5.32. The molecule has 6 heteroatoms. The molecule has 0 aliphatic heterocycles. The number of carbonyl (C=O) groups is 2. The molecular formula is C13H24O6. The summed E-state index contributed by atoms with van der Waals surface area (Å²) in [5.74, 6) is -3.80. The average Bonchev–Trinajstić information content (AvgIpc) is 2.21. The second-order valence-corrected chi connectivity index (χ2v) is 6.10. The van der Waals surface area contributed by atoms with Gasteiger partial charge in [-0.2, -0.15) is 0 Å². The first-order valence-corrected chi connectivity index (χ1v) is 6.23. The summed E-state index contributed by atoms with van der Waals surface area (Å²) >= 11 is 0. The number of rotatable bonds is 6. The zero-order valence-corrected chi connectivity index (χ0v) is 12.1. The molecule has 0 heterocycles. The number of aliphatic hydroxyl groups excluding tert-OH is 1. The first-order valence-electron chi connectivity index (χ1n) is 6.23. The number of carboxylic acids is 1. The minimum absolute atomic E-state index is 0.0325. The molecule has 0 bridgehead atoms. The number of esters is 1. The Kier molecular flexibility index (Phi) is 5.96. The molecule has 0 aliphatic rings. The zero-order chi connectivity index (χ0) is 15.4. The molecule has 0 aliphatic carbocycles. The molecule has 0 aromatic rings. The molecule has 0 aromatic carbocycles. The van der Waals surface area contributed by atoms with Crippen molar-refractivity contribution >= 4 is 11.9 Å². The van der Waals surface area contributed by atoms with Gasteiger partial charge >= 0.3 is 11.9 Å². The van der Waals surface area contributed by atoms with Gasteiger partial charge in [0, 0.05) is 0 Å². The third-order valence-corrected chi connectivity index (χ3v) is 2.59. The summed E-state index contributed by atoms with van der Waals surface area (Å²) in [6, 6.07) is 0. The minimum Gasteiger partial charge on any atom is -0.479 e. The Morgan fingerprint density at radius 1 is 1.21 bits per heavy atom. The van der Waals surface area contributed by atoms with Crippen LogP contribution in [-0.2, 0) is 14.3 Å². The predicted molar refractivity (Wildman–Crippen MR) is 68.5 cm³/mol. The first kappa shape index (κ1) is 17.9. The summed E-state index contributed by atoms with van der Waals surface area (Å²) < 4.78 is 5.13. The first-order chi connectivity index (χ1) is 8.44. The summed E-state index contributed by atoms with van der Waals surface area (Å²) in [6.45, 7) is 7.48. The van der Waals surface area contributed by atoms with Gasteiger partial charge in [0.2, 0.25) is 0 Å². The van der Waals surface area contributed by atoms with Gasteiger partial charge in [0.1, 0.15) is 5.60 Å². The fraction of sp³-hybridized carbons (Fsp3) is 0.846. The van der Waals surface area contributed by atoms with E-state index < -0.39 is 35.7 Å². The van der Waals surface area contributed by atoms with Gasteiger partial charge in [-0.3, -0.25) is 4.79 Å². The van der Waals surface area contributed by atoms with Crippen LogP contribution in [0.2, 0.25) is 0 Å². The van der Waals surface area contributed by atoms with Crippen LogP contribution in [0.25, 0.3) is 0 Å². The maximum absolute atomic E-state index is 12.0. The number of carboxylic acid groups (broad SMARTS) is 1. The molecule has 0 radical (unpaired) electrons. The van der Waals surface area contributed by atoms with Crippen molar-refractivity contribution in [2.24, 2.45) is 11.8 Å². The van der Waals surface area contributed by atoms with Crippen LogP contribution >= 0.6 is 0 Å². The summed E-state index contributed by atoms with van der Waals surface area (Å²) in [7, 11) is 0. The largest absolute Gasteiger partial charge is 0.479 e. The van der Waals surface area contributed by atoms with Gasteiger partial charge in [-0.05, 0) is 33.1 Å². The van der Waals surface area contributed by atoms with E-state index in [2.05, 4.69) is 0 Å². The van der Waals surface area contributed by atoms with Gasteiger partial charge in [-0.25, -0.2) is 4.79 Å². The van der Waals surface area contributed by atoms with E-state index in [-0.39, 0.29) is 12.3 Å². The van der Waals surface area contributed by atoms with Crippen LogP contribution in [0.5, 0.6) is 0 Å².